The first-order valence-corrected chi connectivity index (χ1v) is 7.56. The monoisotopic (exact) mass is 291 g/mol. The second-order valence-corrected chi connectivity index (χ2v) is 6.24. The third-order valence-electron chi connectivity index (χ3n) is 4.79. The lowest BCUT2D eigenvalue weighted by atomic mass is 9.76. The Morgan fingerprint density at radius 3 is 2.52 bits per heavy atom. The van der Waals surface area contributed by atoms with Gasteiger partial charge >= 0.3 is 5.97 Å². The number of aliphatic carboxylic acids is 1. The fourth-order valence-electron chi connectivity index (χ4n) is 3.08. The van der Waals surface area contributed by atoms with Crippen LogP contribution in [0, 0.1) is 11.3 Å². The zero-order valence-corrected chi connectivity index (χ0v) is 13.1. The van der Waals surface area contributed by atoms with E-state index < -0.39 is 11.4 Å². The van der Waals surface area contributed by atoms with Crippen LogP contribution in [0.15, 0.2) is 24.3 Å². The molecule has 1 saturated heterocycles. The maximum Gasteiger partial charge on any atom is 0.311 e. The average molecular weight is 291 g/mol. The van der Waals surface area contributed by atoms with Gasteiger partial charge in [-0.15, -0.1) is 0 Å². The van der Waals surface area contributed by atoms with Crippen molar-refractivity contribution in [3.63, 3.8) is 0 Å². The molecule has 0 amide bonds. The second-order valence-electron chi connectivity index (χ2n) is 6.24. The Labute approximate surface area is 126 Å². The standard InChI is InChI=1S/C17H25NO3/c1-13(2)17(16(19)20)9-11-18(12-17)10-8-14-4-6-15(21-3)7-5-14/h4-7,13H,8-12H2,1-3H3,(H,19,20). The van der Waals surface area contributed by atoms with Gasteiger partial charge in [-0.05, 0) is 43.0 Å². The third kappa shape index (κ3) is 3.38. The van der Waals surface area contributed by atoms with Crippen LogP contribution >= 0.6 is 0 Å². The number of hydrogen-bond donors (Lipinski definition) is 1. The molecule has 0 spiro atoms. The number of ether oxygens (including phenoxy) is 1. The summed E-state index contributed by atoms with van der Waals surface area (Å²) in [5.41, 5.74) is 0.688. The van der Waals surface area contributed by atoms with Crippen LogP contribution < -0.4 is 4.74 Å². The number of carboxylic acids is 1. The van der Waals surface area contributed by atoms with Crippen molar-refractivity contribution in [2.24, 2.45) is 11.3 Å². The van der Waals surface area contributed by atoms with E-state index in [4.69, 9.17) is 4.74 Å². The van der Waals surface area contributed by atoms with E-state index in [9.17, 15) is 9.90 Å². The summed E-state index contributed by atoms with van der Waals surface area (Å²) < 4.78 is 5.15. The molecule has 0 aliphatic carbocycles. The van der Waals surface area contributed by atoms with E-state index in [2.05, 4.69) is 17.0 Å². The van der Waals surface area contributed by atoms with E-state index in [-0.39, 0.29) is 5.92 Å². The fraction of sp³-hybridized carbons (Fsp3) is 0.588. The maximum atomic E-state index is 11.6. The Kier molecular flexibility index (Phi) is 4.88. The average Bonchev–Trinajstić information content (AvgIpc) is 2.91. The summed E-state index contributed by atoms with van der Waals surface area (Å²) in [5.74, 6) is 0.384. The molecule has 1 heterocycles. The highest BCUT2D eigenvalue weighted by molar-refractivity contribution is 5.75. The molecule has 1 N–H and O–H groups in total. The molecule has 1 atom stereocenters. The first-order chi connectivity index (χ1) is 9.98. The molecule has 1 aliphatic heterocycles. The van der Waals surface area contributed by atoms with Crippen LogP contribution in [-0.4, -0.2) is 42.7 Å². The Bertz CT molecular complexity index is 483. The Balaban J connectivity index is 1.91. The summed E-state index contributed by atoms with van der Waals surface area (Å²) in [7, 11) is 1.66. The normalized spacial score (nSPS) is 22.7. The van der Waals surface area contributed by atoms with Crippen molar-refractivity contribution in [2.75, 3.05) is 26.7 Å². The minimum absolute atomic E-state index is 0.168. The van der Waals surface area contributed by atoms with E-state index in [1.807, 2.05) is 26.0 Å². The van der Waals surface area contributed by atoms with Gasteiger partial charge in [0.2, 0.25) is 0 Å². The number of methoxy groups -OCH3 is 1. The Hall–Kier alpha value is -1.55. The predicted octanol–water partition coefficient (Wildman–Crippen LogP) is 2.67. The number of hydrogen-bond acceptors (Lipinski definition) is 3. The van der Waals surface area contributed by atoms with Gasteiger partial charge in [0.15, 0.2) is 0 Å². The molecule has 116 valence electrons. The molecule has 1 unspecified atom stereocenters. The quantitative estimate of drug-likeness (QED) is 0.875. The van der Waals surface area contributed by atoms with Crippen molar-refractivity contribution in [1.29, 1.82) is 0 Å². The van der Waals surface area contributed by atoms with Gasteiger partial charge in [0.1, 0.15) is 5.75 Å². The minimum atomic E-state index is -0.649. The van der Waals surface area contributed by atoms with Gasteiger partial charge in [-0.25, -0.2) is 0 Å². The van der Waals surface area contributed by atoms with Crippen LogP contribution in [0.1, 0.15) is 25.8 Å². The van der Waals surface area contributed by atoms with Crippen LogP contribution in [0.25, 0.3) is 0 Å². The number of rotatable bonds is 6. The molecule has 2 rings (SSSR count). The molecule has 1 fully saturated rings. The van der Waals surface area contributed by atoms with Crippen molar-refractivity contribution in [3.8, 4) is 5.75 Å². The number of nitrogens with zero attached hydrogens (tertiary/aromatic N) is 1. The summed E-state index contributed by atoms with van der Waals surface area (Å²) >= 11 is 0. The molecule has 4 nitrogen and oxygen atoms in total. The van der Waals surface area contributed by atoms with Crippen molar-refractivity contribution in [1.82, 2.24) is 4.90 Å². The van der Waals surface area contributed by atoms with Crippen molar-refractivity contribution < 1.29 is 14.6 Å². The van der Waals surface area contributed by atoms with Crippen LogP contribution in [0.3, 0.4) is 0 Å². The number of carboxylic acid groups (broad SMARTS) is 1. The highest BCUT2D eigenvalue weighted by atomic mass is 16.5. The summed E-state index contributed by atoms with van der Waals surface area (Å²) in [4.78, 5) is 13.9. The lowest BCUT2D eigenvalue weighted by Crippen LogP contribution is -2.39. The number of benzene rings is 1. The maximum absolute atomic E-state index is 11.6. The number of carbonyl (C=O) groups is 1. The lowest BCUT2D eigenvalue weighted by molar-refractivity contribution is -0.151. The van der Waals surface area contributed by atoms with Crippen molar-refractivity contribution in [2.45, 2.75) is 26.7 Å². The summed E-state index contributed by atoms with van der Waals surface area (Å²) in [5, 5.41) is 9.55. The second kappa shape index (κ2) is 6.48. The van der Waals surface area contributed by atoms with Gasteiger partial charge in [0, 0.05) is 13.1 Å². The predicted molar refractivity (Wildman–Crippen MR) is 82.7 cm³/mol. The molecule has 1 aromatic rings. The molecule has 0 bridgehead atoms. The van der Waals surface area contributed by atoms with Gasteiger partial charge in [-0.3, -0.25) is 4.79 Å². The molecular weight excluding hydrogens is 266 g/mol. The van der Waals surface area contributed by atoms with Crippen LogP contribution in [0.4, 0.5) is 0 Å². The van der Waals surface area contributed by atoms with Crippen LogP contribution in [0.5, 0.6) is 5.75 Å². The van der Waals surface area contributed by atoms with Crippen LogP contribution in [0.2, 0.25) is 0 Å². The van der Waals surface area contributed by atoms with E-state index in [0.29, 0.717) is 6.54 Å². The highest BCUT2D eigenvalue weighted by Gasteiger charge is 2.46. The first kappa shape index (κ1) is 15.8. The molecule has 0 aromatic heterocycles. The summed E-state index contributed by atoms with van der Waals surface area (Å²) in [6, 6.07) is 8.08. The van der Waals surface area contributed by atoms with E-state index >= 15 is 0 Å². The van der Waals surface area contributed by atoms with E-state index in [0.717, 1.165) is 31.7 Å². The lowest BCUT2D eigenvalue weighted by Gasteiger charge is -2.28. The molecular formula is C17H25NO3. The smallest absolute Gasteiger partial charge is 0.311 e. The molecule has 1 aromatic carbocycles. The summed E-state index contributed by atoms with van der Waals surface area (Å²) in [6.45, 7) is 6.48. The Morgan fingerprint density at radius 2 is 2.05 bits per heavy atom. The minimum Gasteiger partial charge on any atom is -0.497 e. The zero-order chi connectivity index (χ0) is 15.5. The molecule has 0 saturated carbocycles. The van der Waals surface area contributed by atoms with Gasteiger partial charge in [-0.1, -0.05) is 26.0 Å². The van der Waals surface area contributed by atoms with Crippen molar-refractivity contribution in [3.05, 3.63) is 29.8 Å². The topological polar surface area (TPSA) is 49.8 Å². The SMILES string of the molecule is COc1ccc(CCN2CCC(C(=O)O)(C(C)C)C2)cc1. The summed E-state index contributed by atoms with van der Waals surface area (Å²) in [6.07, 6.45) is 1.69. The molecule has 4 heteroatoms. The largest absolute Gasteiger partial charge is 0.497 e. The molecule has 21 heavy (non-hydrogen) atoms. The van der Waals surface area contributed by atoms with Gasteiger partial charge < -0.3 is 14.7 Å². The Morgan fingerprint density at radius 1 is 1.38 bits per heavy atom. The van der Waals surface area contributed by atoms with Gasteiger partial charge in [-0.2, -0.15) is 0 Å². The fourth-order valence-corrected chi connectivity index (χ4v) is 3.08. The van der Waals surface area contributed by atoms with Crippen LogP contribution in [-0.2, 0) is 11.2 Å². The third-order valence-corrected chi connectivity index (χ3v) is 4.79. The number of likely N-dealkylation sites (tertiary alicyclic amines) is 1. The van der Waals surface area contributed by atoms with Crippen molar-refractivity contribution >= 4 is 5.97 Å². The zero-order valence-electron chi connectivity index (χ0n) is 13.1. The molecule has 1 aliphatic rings. The van der Waals surface area contributed by atoms with E-state index in [1.54, 1.807) is 7.11 Å². The first-order valence-electron chi connectivity index (χ1n) is 7.56. The van der Waals surface area contributed by atoms with E-state index in [1.165, 1.54) is 5.56 Å². The highest BCUT2D eigenvalue weighted by Crippen LogP contribution is 2.38. The van der Waals surface area contributed by atoms with Gasteiger partial charge in [0.25, 0.3) is 0 Å². The van der Waals surface area contributed by atoms with Gasteiger partial charge in [0.05, 0.1) is 12.5 Å². The molecule has 0 radical (unpaired) electrons.